The molecule has 78 valence electrons. The van der Waals surface area contributed by atoms with Crippen molar-refractivity contribution in [2.24, 2.45) is 0 Å². The van der Waals surface area contributed by atoms with Crippen LogP contribution >= 0.6 is 11.6 Å². The lowest BCUT2D eigenvalue weighted by molar-refractivity contribution is 0.251. The number of halogens is 1. The molecule has 1 aromatic rings. The van der Waals surface area contributed by atoms with Crippen molar-refractivity contribution < 1.29 is 10.2 Å². The Kier molecular flexibility index (Phi) is 4.20. The molecule has 1 rings (SSSR count). The molecular formula is C10H14ClNO2. The first kappa shape index (κ1) is 11.3. The van der Waals surface area contributed by atoms with Crippen molar-refractivity contribution in [1.29, 1.82) is 0 Å². The molecule has 4 heteroatoms. The lowest BCUT2D eigenvalue weighted by atomic mass is 10.2. The largest absolute Gasteiger partial charge is 0.506 e. The first-order valence-corrected chi connectivity index (χ1v) is 4.83. The monoisotopic (exact) mass is 215 g/mol. The summed E-state index contributed by atoms with van der Waals surface area (Å²) in [4.78, 5) is 0. The topological polar surface area (TPSA) is 52.5 Å². The minimum atomic E-state index is 0.0579. The fourth-order valence-corrected chi connectivity index (χ4v) is 1.22. The standard InChI is InChI=1S/C10H14ClNO2/c1-7(6-13)12-5-8-2-3-10(14)9(11)4-8/h2-4,7,12-14H,5-6H2,1H3/t7-/m1/s1. The Morgan fingerprint density at radius 1 is 1.50 bits per heavy atom. The summed E-state index contributed by atoms with van der Waals surface area (Å²) >= 11 is 5.74. The fraction of sp³-hybridized carbons (Fsp3) is 0.400. The molecule has 3 N–H and O–H groups in total. The number of aliphatic hydroxyl groups excluding tert-OH is 1. The number of aliphatic hydroxyl groups is 1. The second-order valence-corrected chi connectivity index (χ2v) is 3.66. The molecule has 0 aromatic heterocycles. The van der Waals surface area contributed by atoms with E-state index >= 15 is 0 Å². The van der Waals surface area contributed by atoms with Crippen LogP contribution in [-0.4, -0.2) is 22.9 Å². The third kappa shape index (κ3) is 3.18. The number of hydrogen-bond donors (Lipinski definition) is 3. The highest BCUT2D eigenvalue weighted by atomic mass is 35.5. The Balaban J connectivity index is 2.55. The van der Waals surface area contributed by atoms with Gasteiger partial charge in [-0.25, -0.2) is 0 Å². The zero-order chi connectivity index (χ0) is 10.6. The van der Waals surface area contributed by atoms with Gasteiger partial charge in [-0.1, -0.05) is 17.7 Å². The van der Waals surface area contributed by atoms with Gasteiger partial charge in [-0.2, -0.15) is 0 Å². The van der Waals surface area contributed by atoms with Crippen molar-refractivity contribution in [3.05, 3.63) is 28.8 Å². The molecule has 0 unspecified atom stereocenters. The number of phenols is 1. The summed E-state index contributed by atoms with van der Waals surface area (Å²) in [5, 5.41) is 21.4. The van der Waals surface area contributed by atoms with E-state index in [1.807, 2.05) is 6.92 Å². The predicted octanol–water partition coefficient (Wildman–Crippen LogP) is 1.52. The smallest absolute Gasteiger partial charge is 0.134 e. The first-order valence-electron chi connectivity index (χ1n) is 4.45. The summed E-state index contributed by atoms with van der Waals surface area (Å²) in [5.41, 5.74) is 0.980. The van der Waals surface area contributed by atoms with Gasteiger partial charge in [0.15, 0.2) is 0 Å². The summed E-state index contributed by atoms with van der Waals surface area (Å²) in [5.74, 6) is 0.0885. The van der Waals surface area contributed by atoms with E-state index in [4.69, 9.17) is 16.7 Å². The molecule has 0 aliphatic carbocycles. The molecule has 0 aliphatic rings. The Bertz CT molecular complexity index is 304. The number of phenolic OH excluding ortho intramolecular Hbond substituents is 1. The second-order valence-electron chi connectivity index (χ2n) is 3.25. The van der Waals surface area contributed by atoms with Crippen LogP contribution in [0.25, 0.3) is 0 Å². The molecule has 0 saturated heterocycles. The maximum Gasteiger partial charge on any atom is 0.134 e. The van der Waals surface area contributed by atoms with Crippen molar-refractivity contribution in [3.8, 4) is 5.75 Å². The van der Waals surface area contributed by atoms with E-state index < -0.39 is 0 Å². The lowest BCUT2D eigenvalue weighted by Crippen LogP contribution is -2.28. The van der Waals surface area contributed by atoms with E-state index in [-0.39, 0.29) is 18.4 Å². The summed E-state index contributed by atoms with van der Waals surface area (Å²) in [6.07, 6.45) is 0. The van der Waals surface area contributed by atoms with Crippen LogP contribution in [0.3, 0.4) is 0 Å². The van der Waals surface area contributed by atoms with E-state index in [0.29, 0.717) is 11.6 Å². The van der Waals surface area contributed by atoms with Crippen molar-refractivity contribution in [1.82, 2.24) is 5.32 Å². The van der Waals surface area contributed by atoms with Gasteiger partial charge >= 0.3 is 0 Å². The minimum absolute atomic E-state index is 0.0579. The second kappa shape index (κ2) is 5.20. The molecule has 0 saturated carbocycles. The summed E-state index contributed by atoms with van der Waals surface area (Å²) < 4.78 is 0. The van der Waals surface area contributed by atoms with E-state index in [2.05, 4.69) is 5.32 Å². The van der Waals surface area contributed by atoms with Gasteiger partial charge in [-0.05, 0) is 24.6 Å². The molecule has 14 heavy (non-hydrogen) atoms. The van der Waals surface area contributed by atoms with E-state index in [1.165, 1.54) is 0 Å². The molecule has 1 atom stereocenters. The van der Waals surface area contributed by atoms with Crippen LogP contribution in [0, 0.1) is 0 Å². The maximum atomic E-state index is 9.17. The molecule has 0 spiro atoms. The zero-order valence-electron chi connectivity index (χ0n) is 8.00. The molecule has 0 radical (unpaired) electrons. The number of aromatic hydroxyl groups is 1. The number of rotatable bonds is 4. The Hall–Kier alpha value is -0.770. The quantitative estimate of drug-likeness (QED) is 0.714. The first-order chi connectivity index (χ1) is 6.63. The van der Waals surface area contributed by atoms with Gasteiger partial charge in [0.2, 0.25) is 0 Å². The Morgan fingerprint density at radius 2 is 2.21 bits per heavy atom. The molecule has 0 fully saturated rings. The van der Waals surface area contributed by atoms with Gasteiger partial charge in [0, 0.05) is 12.6 Å². The van der Waals surface area contributed by atoms with Crippen LogP contribution in [0.5, 0.6) is 5.75 Å². The maximum absolute atomic E-state index is 9.17. The molecule has 3 nitrogen and oxygen atoms in total. The van der Waals surface area contributed by atoms with Crippen molar-refractivity contribution >= 4 is 11.6 Å². The van der Waals surface area contributed by atoms with Crippen LogP contribution in [0.2, 0.25) is 5.02 Å². The van der Waals surface area contributed by atoms with Crippen LogP contribution in [0.15, 0.2) is 18.2 Å². The fourth-order valence-electron chi connectivity index (χ4n) is 1.02. The summed E-state index contributed by atoms with van der Waals surface area (Å²) in [6.45, 7) is 2.62. The van der Waals surface area contributed by atoms with Gasteiger partial charge < -0.3 is 15.5 Å². The van der Waals surface area contributed by atoms with Gasteiger partial charge in [-0.15, -0.1) is 0 Å². The summed E-state index contributed by atoms with van der Waals surface area (Å²) in [6, 6.07) is 5.11. The van der Waals surface area contributed by atoms with Gasteiger partial charge in [0.25, 0.3) is 0 Å². The van der Waals surface area contributed by atoms with Crippen LogP contribution in [0.4, 0.5) is 0 Å². The lowest BCUT2D eigenvalue weighted by Gasteiger charge is -2.10. The average Bonchev–Trinajstić information content (AvgIpc) is 2.19. The SMILES string of the molecule is C[C@H](CO)NCc1ccc(O)c(Cl)c1. The van der Waals surface area contributed by atoms with Crippen LogP contribution in [0.1, 0.15) is 12.5 Å². The van der Waals surface area contributed by atoms with E-state index in [9.17, 15) is 5.11 Å². The van der Waals surface area contributed by atoms with Crippen molar-refractivity contribution in [2.75, 3.05) is 6.61 Å². The highest BCUT2D eigenvalue weighted by molar-refractivity contribution is 6.32. The van der Waals surface area contributed by atoms with E-state index in [0.717, 1.165) is 5.56 Å². The molecule has 0 bridgehead atoms. The minimum Gasteiger partial charge on any atom is -0.506 e. The third-order valence-electron chi connectivity index (χ3n) is 1.94. The molecular weight excluding hydrogens is 202 g/mol. The zero-order valence-corrected chi connectivity index (χ0v) is 8.75. The van der Waals surface area contributed by atoms with Gasteiger partial charge in [0.1, 0.15) is 5.75 Å². The summed E-state index contributed by atoms with van der Waals surface area (Å²) in [7, 11) is 0. The Morgan fingerprint density at radius 3 is 2.79 bits per heavy atom. The molecule has 0 heterocycles. The van der Waals surface area contributed by atoms with Gasteiger partial charge in [0.05, 0.1) is 11.6 Å². The predicted molar refractivity (Wildman–Crippen MR) is 56.5 cm³/mol. The highest BCUT2D eigenvalue weighted by Gasteiger charge is 2.02. The average molecular weight is 216 g/mol. The molecule has 0 amide bonds. The number of nitrogens with one attached hydrogen (secondary N) is 1. The Labute approximate surface area is 88.3 Å². The molecule has 1 aromatic carbocycles. The van der Waals surface area contributed by atoms with Gasteiger partial charge in [-0.3, -0.25) is 0 Å². The van der Waals surface area contributed by atoms with Crippen LogP contribution in [-0.2, 0) is 6.54 Å². The highest BCUT2D eigenvalue weighted by Crippen LogP contribution is 2.23. The van der Waals surface area contributed by atoms with Crippen LogP contribution < -0.4 is 5.32 Å². The van der Waals surface area contributed by atoms with Crippen molar-refractivity contribution in [3.63, 3.8) is 0 Å². The molecule has 0 aliphatic heterocycles. The van der Waals surface area contributed by atoms with E-state index in [1.54, 1.807) is 18.2 Å². The number of benzene rings is 1. The number of hydrogen-bond acceptors (Lipinski definition) is 3. The normalized spacial score (nSPS) is 12.8. The van der Waals surface area contributed by atoms with Crippen molar-refractivity contribution in [2.45, 2.75) is 19.5 Å². The third-order valence-corrected chi connectivity index (χ3v) is 2.24.